The maximum atomic E-state index is 14.2. The second kappa shape index (κ2) is 6.77. The summed E-state index contributed by atoms with van der Waals surface area (Å²) in [4.78, 5) is 54.0. The predicted octanol–water partition coefficient (Wildman–Crippen LogP) is 2.80. The summed E-state index contributed by atoms with van der Waals surface area (Å²) in [5.41, 5.74) is -2.96. The predicted molar refractivity (Wildman–Crippen MR) is 126 cm³/mol. The van der Waals surface area contributed by atoms with Crippen molar-refractivity contribution in [2.75, 3.05) is 0 Å². The smallest absolute Gasteiger partial charge is 0.334 e. The van der Waals surface area contributed by atoms with Crippen LogP contribution >= 0.6 is 0 Å². The lowest BCUT2D eigenvalue weighted by molar-refractivity contribution is -0.169. The Morgan fingerprint density at radius 1 is 0.972 bits per heavy atom. The van der Waals surface area contributed by atoms with E-state index in [1.165, 1.54) is 0 Å². The number of rotatable bonds is 0. The summed E-state index contributed by atoms with van der Waals surface area (Å²) in [6.45, 7) is 10.00. The number of hydrogen-bond acceptors (Lipinski definition) is 7. The van der Waals surface area contributed by atoms with Gasteiger partial charge in [0.05, 0.1) is 16.9 Å². The van der Waals surface area contributed by atoms with E-state index in [0.29, 0.717) is 37.7 Å². The number of aliphatic hydroxyl groups excluding tert-OH is 1. The minimum absolute atomic E-state index is 0.00970. The summed E-state index contributed by atoms with van der Waals surface area (Å²) < 4.78 is 11.8. The van der Waals surface area contributed by atoms with Crippen LogP contribution in [0.1, 0.15) is 52.9 Å². The van der Waals surface area contributed by atoms with Gasteiger partial charge in [-0.2, -0.15) is 0 Å². The fourth-order valence-corrected chi connectivity index (χ4v) is 10.7. The van der Waals surface area contributed by atoms with Gasteiger partial charge < -0.3 is 14.6 Å². The van der Waals surface area contributed by atoms with Crippen molar-refractivity contribution in [3.63, 3.8) is 0 Å². The Morgan fingerprint density at radius 2 is 1.69 bits per heavy atom. The van der Waals surface area contributed by atoms with Crippen molar-refractivity contribution in [2.45, 2.75) is 71.2 Å². The lowest BCUT2D eigenvalue weighted by atomic mass is 9.49. The molecular formula is C29H34O7. The molecule has 0 amide bonds. The summed E-state index contributed by atoms with van der Waals surface area (Å²) in [7, 11) is 0. The summed E-state index contributed by atoms with van der Waals surface area (Å²) in [5, 5.41) is 12.1. The fraction of sp³-hybridized carbons (Fsp3) is 0.724. The Hall–Kier alpha value is -2.28. The van der Waals surface area contributed by atoms with E-state index in [-0.39, 0.29) is 53.2 Å². The summed E-state index contributed by atoms with van der Waals surface area (Å²) in [5.74, 6) is -1.99. The number of carbonyl (C=O) groups is 4. The molecular weight excluding hydrogens is 460 g/mol. The maximum absolute atomic E-state index is 14.2. The largest absolute Gasteiger partial charge is 0.461 e. The van der Waals surface area contributed by atoms with E-state index in [4.69, 9.17) is 9.47 Å². The molecule has 0 aromatic heterocycles. The molecule has 4 saturated carbocycles. The highest BCUT2D eigenvalue weighted by molar-refractivity contribution is 6.00. The van der Waals surface area contributed by atoms with E-state index < -0.39 is 46.3 Å². The van der Waals surface area contributed by atoms with Crippen LogP contribution in [0.25, 0.3) is 0 Å². The standard InChI is InChI=1S/C29H34O7/c1-12-7-19-23(24(32)27(4)17(12)5-6-20(27)30)29(26(34)36-19)10-15-9-21(31)28(29)11-16-14(3)25(33)35-18(16)8-13(2)22(15)28/h5-6,12-13,15-19,22-24,32H,3,7-11H2,1-2,4H3/t12-,13-,15?,16-,17+,18-,19-,22-,23-,24+,27+,28+,29-/m1/s1. The Balaban J connectivity index is 1.43. The third-order valence-corrected chi connectivity index (χ3v) is 12.0. The summed E-state index contributed by atoms with van der Waals surface area (Å²) in [6, 6.07) is 0. The average molecular weight is 495 g/mol. The lowest BCUT2D eigenvalue weighted by Crippen LogP contribution is -2.59. The van der Waals surface area contributed by atoms with Gasteiger partial charge in [-0.25, -0.2) is 4.79 Å². The fourth-order valence-electron chi connectivity index (χ4n) is 10.7. The molecule has 192 valence electrons. The van der Waals surface area contributed by atoms with Gasteiger partial charge in [-0.05, 0) is 68.3 Å². The van der Waals surface area contributed by atoms with Gasteiger partial charge in [0.1, 0.15) is 18.0 Å². The van der Waals surface area contributed by atoms with Gasteiger partial charge in [0.25, 0.3) is 0 Å². The van der Waals surface area contributed by atoms with Crippen LogP contribution in [0.5, 0.6) is 0 Å². The molecule has 13 atom stereocenters. The van der Waals surface area contributed by atoms with Crippen molar-refractivity contribution in [3.05, 3.63) is 24.3 Å². The van der Waals surface area contributed by atoms with Crippen LogP contribution in [0, 0.1) is 57.7 Å². The molecule has 1 spiro atoms. The minimum Gasteiger partial charge on any atom is -0.461 e. The third kappa shape index (κ3) is 2.24. The van der Waals surface area contributed by atoms with E-state index in [1.54, 1.807) is 6.08 Å². The number of fused-ring (bicyclic) bond motifs is 4. The van der Waals surface area contributed by atoms with E-state index in [1.807, 2.05) is 13.0 Å². The molecule has 7 aliphatic rings. The molecule has 7 heteroatoms. The van der Waals surface area contributed by atoms with Crippen LogP contribution < -0.4 is 0 Å². The summed E-state index contributed by atoms with van der Waals surface area (Å²) >= 11 is 0. The first-order chi connectivity index (χ1) is 17.0. The summed E-state index contributed by atoms with van der Waals surface area (Å²) in [6.07, 6.45) is 3.86. The van der Waals surface area contributed by atoms with Gasteiger partial charge in [0.2, 0.25) is 0 Å². The number of allylic oxidation sites excluding steroid dienone is 2. The highest BCUT2D eigenvalue weighted by Gasteiger charge is 2.83. The van der Waals surface area contributed by atoms with Crippen LogP contribution in [-0.2, 0) is 28.7 Å². The van der Waals surface area contributed by atoms with Crippen molar-refractivity contribution in [1.82, 2.24) is 0 Å². The molecule has 2 heterocycles. The topological polar surface area (TPSA) is 107 Å². The molecule has 6 fully saturated rings. The molecule has 0 aromatic carbocycles. The highest BCUT2D eigenvalue weighted by Crippen LogP contribution is 2.77. The van der Waals surface area contributed by atoms with Gasteiger partial charge in [0.15, 0.2) is 5.78 Å². The molecule has 0 aromatic rings. The number of hydrogen-bond donors (Lipinski definition) is 1. The van der Waals surface area contributed by atoms with Crippen LogP contribution in [0.2, 0.25) is 0 Å². The Kier molecular flexibility index (Phi) is 4.30. The SMILES string of the molecule is C=C1C(=O)O[C@@H]2C[C@@H](C)[C@@H]3C4CC(=O)[C@]3(C[C@H]12)[C@@]1(C4)C(=O)O[C@@H]2C[C@@H](C)[C@@H]3C=CC(=O)[C@@]3(C)[C@@H](O)[C@@H]21. The van der Waals surface area contributed by atoms with Gasteiger partial charge in [0, 0.05) is 29.2 Å². The monoisotopic (exact) mass is 494 g/mol. The van der Waals surface area contributed by atoms with Crippen molar-refractivity contribution in [2.24, 2.45) is 57.7 Å². The molecule has 0 radical (unpaired) electrons. The second-order valence-electron chi connectivity index (χ2n) is 13.2. The van der Waals surface area contributed by atoms with E-state index in [9.17, 15) is 24.3 Å². The van der Waals surface area contributed by atoms with Crippen molar-refractivity contribution >= 4 is 23.5 Å². The van der Waals surface area contributed by atoms with Gasteiger partial charge in [-0.1, -0.05) is 26.5 Å². The average Bonchev–Trinajstić information content (AvgIpc) is 3.48. The van der Waals surface area contributed by atoms with Crippen molar-refractivity contribution < 1.29 is 33.8 Å². The van der Waals surface area contributed by atoms with Crippen LogP contribution in [-0.4, -0.2) is 46.9 Å². The van der Waals surface area contributed by atoms with Crippen LogP contribution in [0.15, 0.2) is 24.3 Å². The van der Waals surface area contributed by atoms with Crippen molar-refractivity contribution in [1.29, 1.82) is 0 Å². The number of ketones is 2. The number of esters is 2. The van der Waals surface area contributed by atoms with E-state index >= 15 is 0 Å². The van der Waals surface area contributed by atoms with Gasteiger partial charge in [-0.15, -0.1) is 0 Å². The zero-order valence-electron chi connectivity index (χ0n) is 21.1. The van der Waals surface area contributed by atoms with Crippen molar-refractivity contribution in [3.8, 4) is 0 Å². The second-order valence-corrected chi connectivity index (χ2v) is 13.2. The first-order valence-corrected chi connectivity index (χ1v) is 13.5. The van der Waals surface area contributed by atoms with Crippen LogP contribution in [0.3, 0.4) is 0 Å². The van der Waals surface area contributed by atoms with Gasteiger partial charge in [-0.3, -0.25) is 14.4 Å². The number of Topliss-reactive ketones (excluding diaryl/α,β-unsaturated/α-hetero) is 1. The minimum atomic E-state index is -1.21. The first kappa shape index (κ1) is 22.9. The maximum Gasteiger partial charge on any atom is 0.334 e. The van der Waals surface area contributed by atoms with Gasteiger partial charge >= 0.3 is 11.9 Å². The molecule has 2 bridgehead atoms. The van der Waals surface area contributed by atoms with Crippen LogP contribution in [0.4, 0.5) is 0 Å². The van der Waals surface area contributed by atoms with E-state index in [0.717, 1.165) is 0 Å². The third-order valence-electron chi connectivity index (χ3n) is 12.0. The Bertz CT molecular complexity index is 1170. The zero-order valence-corrected chi connectivity index (χ0v) is 21.1. The number of aliphatic hydroxyl groups is 1. The number of carbonyl (C=O) groups excluding carboxylic acids is 4. The molecule has 7 rings (SSSR count). The molecule has 1 N–H and O–H groups in total. The molecule has 36 heavy (non-hydrogen) atoms. The number of ether oxygens (including phenoxy) is 2. The first-order valence-electron chi connectivity index (χ1n) is 13.5. The lowest BCUT2D eigenvalue weighted by Gasteiger charge is -2.49. The van der Waals surface area contributed by atoms with E-state index in [2.05, 4.69) is 20.4 Å². The molecule has 2 saturated heterocycles. The highest BCUT2D eigenvalue weighted by atomic mass is 16.6. The molecule has 7 nitrogen and oxygen atoms in total. The zero-order chi connectivity index (χ0) is 25.5. The quantitative estimate of drug-likeness (QED) is 0.408. The normalized spacial score (nSPS) is 56.7. The molecule has 5 aliphatic carbocycles. The Labute approximate surface area is 210 Å². The molecule has 1 unspecified atom stereocenters. The molecule has 2 aliphatic heterocycles. The Morgan fingerprint density at radius 3 is 2.44 bits per heavy atom.